The van der Waals surface area contributed by atoms with Crippen LogP contribution in [-0.4, -0.2) is 6.29 Å². The van der Waals surface area contributed by atoms with E-state index in [1.165, 1.54) is 0 Å². The number of benzene rings is 2. The Hall–Kier alpha value is -1.61. The number of ether oxygens (including phenoxy) is 1. The Balaban J connectivity index is 2.31. The highest BCUT2D eigenvalue weighted by Gasteiger charge is 2.05. The largest absolute Gasteiger partial charge is 0.456 e. The lowest BCUT2D eigenvalue weighted by Crippen LogP contribution is -1.89. The van der Waals surface area contributed by atoms with Gasteiger partial charge < -0.3 is 4.74 Å². The molecule has 0 aliphatic carbocycles. The topological polar surface area (TPSA) is 26.3 Å². The molecule has 18 heavy (non-hydrogen) atoms. The SMILES string of the molecule is Cc1cc(C)cc(Oc2ccc(C=O)cc2Br)c1. The Morgan fingerprint density at radius 3 is 2.28 bits per heavy atom. The van der Waals surface area contributed by atoms with Crippen molar-refractivity contribution < 1.29 is 9.53 Å². The Labute approximate surface area is 115 Å². The van der Waals surface area contributed by atoms with Crippen molar-refractivity contribution in [2.75, 3.05) is 0 Å². The third kappa shape index (κ3) is 2.99. The summed E-state index contributed by atoms with van der Waals surface area (Å²) in [6.07, 6.45) is 0.811. The minimum atomic E-state index is 0.620. The second-order valence-electron chi connectivity index (χ2n) is 4.23. The highest BCUT2D eigenvalue weighted by molar-refractivity contribution is 9.10. The van der Waals surface area contributed by atoms with Crippen molar-refractivity contribution in [1.82, 2.24) is 0 Å². The highest BCUT2D eigenvalue weighted by Crippen LogP contribution is 2.31. The lowest BCUT2D eigenvalue weighted by Gasteiger charge is -2.09. The van der Waals surface area contributed by atoms with Gasteiger partial charge in [0.25, 0.3) is 0 Å². The van der Waals surface area contributed by atoms with Gasteiger partial charge in [0.1, 0.15) is 17.8 Å². The van der Waals surface area contributed by atoms with Gasteiger partial charge in [0.15, 0.2) is 0 Å². The predicted molar refractivity (Wildman–Crippen MR) is 75.5 cm³/mol. The maximum absolute atomic E-state index is 10.7. The third-order valence-corrected chi connectivity index (χ3v) is 3.13. The van der Waals surface area contributed by atoms with Crippen molar-refractivity contribution in [3.05, 3.63) is 57.6 Å². The molecule has 2 aromatic carbocycles. The van der Waals surface area contributed by atoms with Crippen molar-refractivity contribution in [3.63, 3.8) is 0 Å². The van der Waals surface area contributed by atoms with Crippen molar-refractivity contribution in [3.8, 4) is 11.5 Å². The van der Waals surface area contributed by atoms with Crippen LogP contribution in [0.1, 0.15) is 21.5 Å². The van der Waals surface area contributed by atoms with Gasteiger partial charge in [0.05, 0.1) is 4.47 Å². The first-order valence-corrected chi connectivity index (χ1v) is 6.38. The summed E-state index contributed by atoms with van der Waals surface area (Å²) in [6.45, 7) is 4.06. The van der Waals surface area contributed by atoms with Crippen LogP contribution in [0.4, 0.5) is 0 Å². The Morgan fingerprint density at radius 2 is 1.72 bits per heavy atom. The molecule has 2 rings (SSSR count). The smallest absolute Gasteiger partial charge is 0.150 e. The normalized spacial score (nSPS) is 10.2. The van der Waals surface area contributed by atoms with Gasteiger partial charge in [-0.25, -0.2) is 0 Å². The van der Waals surface area contributed by atoms with E-state index >= 15 is 0 Å². The van der Waals surface area contributed by atoms with Gasteiger partial charge in [-0.3, -0.25) is 4.79 Å². The molecular formula is C15H13BrO2. The number of carbonyl (C=O) groups is 1. The molecular weight excluding hydrogens is 292 g/mol. The molecule has 2 aromatic rings. The molecule has 0 unspecified atom stereocenters. The molecule has 92 valence electrons. The number of aryl methyl sites for hydroxylation is 2. The number of aldehydes is 1. The quantitative estimate of drug-likeness (QED) is 0.770. The molecule has 0 radical (unpaired) electrons. The summed E-state index contributed by atoms with van der Waals surface area (Å²) < 4.78 is 6.58. The molecule has 0 N–H and O–H groups in total. The molecule has 0 heterocycles. The summed E-state index contributed by atoms with van der Waals surface area (Å²) in [5.41, 5.74) is 2.94. The summed E-state index contributed by atoms with van der Waals surface area (Å²) in [4.78, 5) is 10.7. The average Bonchev–Trinajstić information content (AvgIpc) is 2.30. The van der Waals surface area contributed by atoms with Crippen LogP contribution in [0.25, 0.3) is 0 Å². The Bertz CT molecular complexity index is 571. The molecule has 2 nitrogen and oxygen atoms in total. The van der Waals surface area contributed by atoms with Gasteiger partial charge >= 0.3 is 0 Å². The van der Waals surface area contributed by atoms with Gasteiger partial charge in [-0.15, -0.1) is 0 Å². The van der Waals surface area contributed by atoms with E-state index in [2.05, 4.69) is 22.0 Å². The lowest BCUT2D eigenvalue weighted by molar-refractivity contribution is 0.112. The summed E-state index contributed by atoms with van der Waals surface area (Å²) in [5.74, 6) is 1.50. The molecule has 0 atom stereocenters. The summed E-state index contributed by atoms with van der Waals surface area (Å²) in [7, 11) is 0. The van der Waals surface area contributed by atoms with Gasteiger partial charge in [0.2, 0.25) is 0 Å². The molecule has 0 fully saturated rings. The molecule has 0 aliphatic heterocycles. The fraction of sp³-hybridized carbons (Fsp3) is 0.133. The van der Waals surface area contributed by atoms with Gasteiger partial charge in [-0.05, 0) is 71.2 Å². The monoisotopic (exact) mass is 304 g/mol. The maximum Gasteiger partial charge on any atom is 0.150 e. The van der Waals surface area contributed by atoms with Crippen LogP contribution >= 0.6 is 15.9 Å². The zero-order chi connectivity index (χ0) is 13.1. The van der Waals surface area contributed by atoms with Crippen molar-refractivity contribution in [2.45, 2.75) is 13.8 Å². The van der Waals surface area contributed by atoms with E-state index < -0.39 is 0 Å². The second kappa shape index (κ2) is 5.36. The second-order valence-corrected chi connectivity index (χ2v) is 5.09. The first-order chi connectivity index (χ1) is 8.58. The van der Waals surface area contributed by atoms with Crippen molar-refractivity contribution >= 4 is 22.2 Å². The number of hydrogen-bond acceptors (Lipinski definition) is 2. The first-order valence-electron chi connectivity index (χ1n) is 5.59. The minimum absolute atomic E-state index is 0.620. The van der Waals surface area contributed by atoms with E-state index in [1.54, 1.807) is 18.2 Å². The van der Waals surface area contributed by atoms with E-state index in [1.807, 2.05) is 26.0 Å². The molecule has 0 saturated heterocycles. The van der Waals surface area contributed by atoms with Crippen LogP contribution in [0.2, 0.25) is 0 Å². The predicted octanol–water partition coefficient (Wildman–Crippen LogP) is 4.67. The standard InChI is InChI=1S/C15H13BrO2/c1-10-5-11(2)7-13(6-10)18-15-4-3-12(9-17)8-14(15)16/h3-9H,1-2H3. The Morgan fingerprint density at radius 1 is 1.06 bits per heavy atom. The van der Waals surface area contributed by atoms with E-state index in [4.69, 9.17) is 4.74 Å². The lowest BCUT2D eigenvalue weighted by atomic mass is 10.1. The first kappa shape index (κ1) is 12.8. The minimum Gasteiger partial charge on any atom is -0.456 e. The van der Waals surface area contributed by atoms with Crippen LogP contribution in [0.5, 0.6) is 11.5 Å². The molecule has 0 bridgehead atoms. The molecule has 0 amide bonds. The van der Waals surface area contributed by atoms with Crippen LogP contribution < -0.4 is 4.74 Å². The van der Waals surface area contributed by atoms with Gasteiger partial charge in [-0.2, -0.15) is 0 Å². The molecule has 0 aromatic heterocycles. The number of halogens is 1. The van der Waals surface area contributed by atoms with Crippen LogP contribution in [-0.2, 0) is 0 Å². The van der Waals surface area contributed by atoms with Gasteiger partial charge in [-0.1, -0.05) is 6.07 Å². The van der Waals surface area contributed by atoms with E-state index in [0.29, 0.717) is 11.3 Å². The number of carbonyl (C=O) groups excluding carboxylic acids is 1. The molecule has 3 heteroatoms. The van der Waals surface area contributed by atoms with Crippen LogP contribution in [0.3, 0.4) is 0 Å². The summed E-state index contributed by atoms with van der Waals surface area (Å²) in [6, 6.07) is 11.3. The zero-order valence-electron chi connectivity index (χ0n) is 10.2. The maximum atomic E-state index is 10.7. The average molecular weight is 305 g/mol. The molecule has 0 aliphatic rings. The Kier molecular flexibility index (Phi) is 3.82. The fourth-order valence-corrected chi connectivity index (χ4v) is 2.27. The molecule has 0 saturated carbocycles. The van der Waals surface area contributed by atoms with E-state index in [9.17, 15) is 4.79 Å². The fourth-order valence-electron chi connectivity index (χ4n) is 1.79. The number of hydrogen-bond donors (Lipinski definition) is 0. The molecule has 0 spiro atoms. The zero-order valence-corrected chi connectivity index (χ0v) is 11.8. The third-order valence-electron chi connectivity index (χ3n) is 2.52. The van der Waals surface area contributed by atoms with E-state index in [0.717, 1.165) is 27.6 Å². The van der Waals surface area contributed by atoms with E-state index in [-0.39, 0.29) is 0 Å². The van der Waals surface area contributed by atoms with Gasteiger partial charge in [0, 0.05) is 5.56 Å². The highest BCUT2D eigenvalue weighted by atomic mass is 79.9. The number of rotatable bonds is 3. The summed E-state index contributed by atoms with van der Waals surface area (Å²) >= 11 is 3.40. The summed E-state index contributed by atoms with van der Waals surface area (Å²) in [5, 5.41) is 0. The van der Waals surface area contributed by atoms with Crippen molar-refractivity contribution in [2.24, 2.45) is 0 Å². The van der Waals surface area contributed by atoms with Crippen LogP contribution in [0.15, 0.2) is 40.9 Å². The van der Waals surface area contributed by atoms with Crippen molar-refractivity contribution in [1.29, 1.82) is 0 Å². The van der Waals surface area contributed by atoms with Crippen LogP contribution in [0, 0.1) is 13.8 Å².